The summed E-state index contributed by atoms with van der Waals surface area (Å²) in [7, 11) is 0. The smallest absolute Gasteiger partial charge is 0.124 e. The van der Waals surface area contributed by atoms with Crippen molar-refractivity contribution in [2.75, 3.05) is 6.54 Å². The number of nitrogens with one attached hydrogen (secondary N) is 1. The molecule has 0 atom stereocenters. The Kier molecular flexibility index (Phi) is 8.31. The van der Waals surface area contributed by atoms with Crippen molar-refractivity contribution in [3.05, 3.63) is 101 Å². The molecule has 0 spiro atoms. The Morgan fingerprint density at radius 1 is 0.852 bits per heavy atom. The average Bonchev–Trinajstić information content (AvgIpc) is 2.67. The SMILES string of the molecule is Cc1ccc(COc2ccccc2CNCCc2ccc(F)cc2)cc1.Cl. The van der Waals surface area contributed by atoms with E-state index in [9.17, 15) is 4.39 Å². The molecule has 3 aromatic rings. The summed E-state index contributed by atoms with van der Waals surface area (Å²) in [6, 6.07) is 23.2. The number of hydrogen-bond acceptors (Lipinski definition) is 2. The number of hydrogen-bond donors (Lipinski definition) is 1. The highest BCUT2D eigenvalue weighted by atomic mass is 35.5. The van der Waals surface area contributed by atoms with Crippen molar-refractivity contribution in [2.24, 2.45) is 0 Å². The van der Waals surface area contributed by atoms with Crippen LogP contribution in [0.1, 0.15) is 22.3 Å². The first-order valence-corrected chi connectivity index (χ1v) is 8.92. The van der Waals surface area contributed by atoms with E-state index in [-0.39, 0.29) is 18.2 Å². The third kappa shape index (κ3) is 6.70. The summed E-state index contributed by atoms with van der Waals surface area (Å²) in [6.07, 6.45) is 0.868. The summed E-state index contributed by atoms with van der Waals surface area (Å²) < 4.78 is 18.9. The van der Waals surface area contributed by atoms with Gasteiger partial charge in [0.1, 0.15) is 18.2 Å². The zero-order chi connectivity index (χ0) is 18.2. The van der Waals surface area contributed by atoms with E-state index >= 15 is 0 Å². The molecule has 0 saturated heterocycles. The lowest BCUT2D eigenvalue weighted by Gasteiger charge is -2.12. The van der Waals surface area contributed by atoms with Gasteiger partial charge in [0.2, 0.25) is 0 Å². The number of ether oxygens (including phenoxy) is 1. The maximum Gasteiger partial charge on any atom is 0.124 e. The number of benzene rings is 3. The van der Waals surface area contributed by atoms with Gasteiger partial charge in [-0.05, 0) is 49.2 Å². The van der Waals surface area contributed by atoms with Gasteiger partial charge in [0.15, 0.2) is 0 Å². The molecule has 0 aromatic heterocycles. The second kappa shape index (κ2) is 10.7. The van der Waals surface area contributed by atoms with E-state index < -0.39 is 0 Å². The van der Waals surface area contributed by atoms with Crippen LogP contribution in [0.4, 0.5) is 4.39 Å². The zero-order valence-corrected chi connectivity index (χ0v) is 16.3. The third-order valence-electron chi connectivity index (χ3n) is 4.31. The van der Waals surface area contributed by atoms with Crippen LogP contribution in [0.5, 0.6) is 5.75 Å². The number of rotatable bonds is 8. The van der Waals surface area contributed by atoms with E-state index in [1.165, 1.54) is 17.7 Å². The highest BCUT2D eigenvalue weighted by molar-refractivity contribution is 5.85. The third-order valence-corrected chi connectivity index (χ3v) is 4.31. The monoisotopic (exact) mass is 385 g/mol. The van der Waals surface area contributed by atoms with Crippen LogP contribution in [-0.4, -0.2) is 6.54 Å². The molecule has 0 bridgehead atoms. The molecule has 0 heterocycles. The molecule has 3 aromatic carbocycles. The Morgan fingerprint density at radius 3 is 2.26 bits per heavy atom. The van der Waals surface area contributed by atoms with Gasteiger partial charge in [-0.3, -0.25) is 0 Å². The molecule has 0 aliphatic rings. The van der Waals surface area contributed by atoms with Gasteiger partial charge in [-0.25, -0.2) is 4.39 Å². The first-order chi connectivity index (χ1) is 12.7. The van der Waals surface area contributed by atoms with Crippen LogP contribution < -0.4 is 10.1 Å². The van der Waals surface area contributed by atoms with Crippen molar-refractivity contribution in [2.45, 2.75) is 26.5 Å². The van der Waals surface area contributed by atoms with Crippen LogP contribution in [0, 0.1) is 12.7 Å². The molecule has 1 N–H and O–H groups in total. The quantitative estimate of drug-likeness (QED) is 0.519. The summed E-state index contributed by atoms with van der Waals surface area (Å²) in [5.74, 6) is 0.712. The second-order valence-electron chi connectivity index (χ2n) is 6.44. The maximum absolute atomic E-state index is 12.9. The number of para-hydroxylation sites is 1. The zero-order valence-electron chi connectivity index (χ0n) is 15.5. The van der Waals surface area contributed by atoms with Crippen molar-refractivity contribution in [1.82, 2.24) is 5.32 Å². The van der Waals surface area contributed by atoms with Gasteiger partial charge in [-0.2, -0.15) is 0 Å². The Morgan fingerprint density at radius 2 is 1.52 bits per heavy atom. The summed E-state index contributed by atoms with van der Waals surface area (Å²) in [5.41, 5.74) is 4.68. The van der Waals surface area contributed by atoms with E-state index in [1.807, 2.05) is 30.3 Å². The van der Waals surface area contributed by atoms with E-state index in [0.29, 0.717) is 6.61 Å². The molecule has 0 amide bonds. The molecule has 0 aliphatic heterocycles. The molecular formula is C23H25ClFNO. The highest BCUT2D eigenvalue weighted by Gasteiger charge is 2.03. The molecule has 0 saturated carbocycles. The van der Waals surface area contributed by atoms with Crippen molar-refractivity contribution >= 4 is 12.4 Å². The van der Waals surface area contributed by atoms with Crippen LogP contribution in [0.25, 0.3) is 0 Å². The topological polar surface area (TPSA) is 21.3 Å². The molecule has 0 aliphatic carbocycles. The number of halogens is 2. The molecule has 4 heteroatoms. The highest BCUT2D eigenvalue weighted by Crippen LogP contribution is 2.19. The summed E-state index contributed by atoms with van der Waals surface area (Å²) in [5, 5.41) is 3.44. The molecule has 0 radical (unpaired) electrons. The van der Waals surface area contributed by atoms with Crippen LogP contribution in [0.15, 0.2) is 72.8 Å². The van der Waals surface area contributed by atoms with E-state index in [1.54, 1.807) is 0 Å². The van der Waals surface area contributed by atoms with Gasteiger partial charge in [-0.1, -0.05) is 60.2 Å². The van der Waals surface area contributed by atoms with Gasteiger partial charge in [0.25, 0.3) is 0 Å². The minimum Gasteiger partial charge on any atom is -0.489 e. The molecule has 27 heavy (non-hydrogen) atoms. The molecule has 0 unspecified atom stereocenters. The van der Waals surface area contributed by atoms with Crippen molar-refractivity contribution in [3.63, 3.8) is 0 Å². The van der Waals surface area contributed by atoms with Crippen LogP contribution >= 0.6 is 12.4 Å². The first kappa shape index (κ1) is 20.9. The fraction of sp³-hybridized carbons (Fsp3) is 0.217. The second-order valence-corrected chi connectivity index (χ2v) is 6.44. The van der Waals surface area contributed by atoms with E-state index in [0.717, 1.165) is 42.0 Å². The van der Waals surface area contributed by atoms with Crippen molar-refractivity contribution < 1.29 is 9.13 Å². The summed E-state index contributed by atoms with van der Waals surface area (Å²) in [4.78, 5) is 0. The van der Waals surface area contributed by atoms with Gasteiger partial charge in [0.05, 0.1) is 0 Å². The normalized spacial score (nSPS) is 10.3. The largest absolute Gasteiger partial charge is 0.489 e. The molecular weight excluding hydrogens is 361 g/mol. The molecule has 142 valence electrons. The Balaban J connectivity index is 0.00000261. The molecule has 0 fully saturated rings. The van der Waals surface area contributed by atoms with Gasteiger partial charge >= 0.3 is 0 Å². The molecule has 3 rings (SSSR count). The summed E-state index contributed by atoms with van der Waals surface area (Å²) >= 11 is 0. The predicted octanol–water partition coefficient (Wildman–Crippen LogP) is 5.47. The minimum atomic E-state index is -0.193. The fourth-order valence-electron chi connectivity index (χ4n) is 2.74. The van der Waals surface area contributed by atoms with E-state index in [4.69, 9.17) is 4.74 Å². The average molecular weight is 386 g/mol. The Labute approximate surface area is 166 Å². The van der Waals surface area contributed by atoms with Gasteiger partial charge < -0.3 is 10.1 Å². The van der Waals surface area contributed by atoms with Crippen molar-refractivity contribution in [3.8, 4) is 5.75 Å². The lowest BCUT2D eigenvalue weighted by atomic mass is 10.1. The fourth-order valence-corrected chi connectivity index (χ4v) is 2.74. The Hall–Kier alpha value is -2.36. The molecule has 2 nitrogen and oxygen atoms in total. The standard InChI is InChI=1S/C23H24FNO.ClH/c1-18-6-8-20(9-7-18)17-26-23-5-3-2-4-21(23)16-25-15-14-19-10-12-22(24)13-11-19;/h2-13,25H,14-17H2,1H3;1H. The maximum atomic E-state index is 12.9. The van der Waals surface area contributed by atoms with Crippen LogP contribution in [0.3, 0.4) is 0 Å². The predicted molar refractivity (Wildman–Crippen MR) is 111 cm³/mol. The van der Waals surface area contributed by atoms with E-state index in [2.05, 4.69) is 42.6 Å². The van der Waals surface area contributed by atoms with Crippen molar-refractivity contribution in [1.29, 1.82) is 0 Å². The summed E-state index contributed by atoms with van der Waals surface area (Å²) in [6.45, 7) is 4.22. The number of aryl methyl sites for hydroxylation is 1. The van der Waals surface area contributed by atoms with Crippen LogP contribution in [0.2, 0.25) is 0 Å². The van der Waals surface area contributed by atoms with Crippen LogP contribution in [-0.2, 0) is 19.6 Å². The Bertz CT molecular complexity index is 819. The van der Waals surface area contributed by atoms with Gasteiger partial charge in [0, 0.05) is 12.1 Å². The lowest BCUT2D eigenvalue weighted by Crippen LogP contribution is -2.17. The van der Waals surface area contributed by atoms with Gasteiger partial charge in [-0.15, -0.1) is 12.4 Å². The minimum absolute atomic E-state index is 0. The lowest BCUT2D eigenvalue weighted by molar-refractivity contribution is 0.302. The first-order valence-electron chi connectivity index (χ1n) is 8.92.